The number of alkyl halides is 3. The number of halogens is 5. The number of pyridine rings is 1. The highest BCUT2D eigenvalue weighted by Gasteiger charge is 2.34. The molecule has 1 aromatic carbocycles. The largest absolute Gasteiger partial charge is 0.432 e. The van der Waals surface area contributed by atoms with Gasteiger partial charge in [-0.25, -0.2) is 4.98 Å². The molecule has 2 aromatic rings. The highest BCUT2D eigenvalue weighted by atomic mass is 35.5. The van der Waals surface area contributed by atoms with E-state index in [1.807, 2.05) is 0 Å². The van der Waals surface area contributed by atoms with E-state index in [-0.39, 0.29) is 33.2 Å². The first-order valence-corrected chi connectivity index (χ1v) is 10.2. The molecule has 0 unspecified atom stereocenters. The Morgan fingerprint density at radius 2 is 1.85 bits per heavy atom. The molecule has 0 saturated carbocycles. The van der Waals surface area contributed by atoms with Gasteiger partial charge < -0.3 is 16.0 Å². The van der Waals surface area contributed by atoms with E-state index in [9.17, 15) is 22.8 Å². The van der Waals surface area contributed by atoms with Gasteiger partial charge in [-0.05, 0) is 56.7 Å². The summed E-state index contributed by atoms with van der Waals surface area (Å²) in [7, 11) is 0. The first-order valence-electron chi connectivity index (χ1n) is 9.47. The molecule has 0 aliphatic rings. The molecule has 0 radical (unpaired) electrons. The van der Waals surface area contributed by atoms with Gasteiger partial charge in [0.25, 0.3) is 11.8 Å². The number of nitrogens with one attached hydrogen (secondary N) is 4. The van der Waals surface area contributed by atoms with Crippen LogP contribution < -0.4 is 16.0 Å². The Hall–Kier alpha value is -3.11. The molecule has 0 aliphatic heterocycles. The first kappa shape index (κ1) is 26.1. The van der Waals surface area contributed by atoms with Gasteiger partial charge in [0.2, 0.25) is 0 Å². The summed E-state index contributed by atoms with van der Waals surface area (Å²) in [6.45, 7) is 5.03. The minimum absolute atomic E-state index is 0.0168. The summed E-state index contributed by atoms with van der Waals surface area (Å²) in [6.07, 6.45) is -3.38. The smallest absolute Gasteiger partial charge is 0.350 e. The van der Waals surface area contributed by atoms with Crippen molar-refractivity contribution in [1.82, 2.24) is 10.3 Å². The van der Waals surface area contributed by atoms with Gasteiger partial charge in [0.05, 0.1) is 16.3 Å². The standard InChI is InChI=1S/C21H20Cl2F3N5O2/c1-10(2)29-19(32)13-8-12(22)7-11(3)17(13)31-20(33)15(9-16(27)21(24,25)26)30-18-14(23)5-4-6-28-18/h4-10,27H,1-3H3,(H,28,30)(H,29,32)(H,31,33)/b15-9-,27-16?. The summed E-state index contributed by atoms with van der Waals surface area (Å²) in [5, 5.41) is 15.0. The number of carbonyl (C=O) groups excluding carboxylic acids is 2. The molecule has 0 fully saturated rings. The normalized spacial score (nSPS) is 11.8. The van der Waals surface area contributed by atoms with Crippen LogP contribution in [0.1, 0.15) is 29.8 Å². The summed E-state index contributed by atoms with van der Waals surface area (Å²) in [4.78, 5) is 29.5. The van der Waals surface area contributed by atoms with E-state index in [1.54, 1.807) is 20.8 Å². The number of anilines is 2. The lowest BCUT2D eigenvalue weighted by molar-refractivity contribution is -0.112. The molecule has 176 valence electrons. The van der Waals surface area contributed by atoms with Crippen molar-refractivity contribution in [3.63, 3.8) is 0 Å². The lowest BCUT2D eigenvalue weighted by Gasteiger charge is -2.18. The van der Waals surface area contributed by atoms with Crippen molar-refractivity contribution in [2.24, 2.45) is 0 Å². The van der Waals surface area contributed by atoms with E-state index in [2.05, 4.69) is 20.9 Å². The fraction of sp³-hybridized carbons (Fsp3) is 0.238. The molecule has 2 amide bonds. The van der Waals surface area contributed by atoms with Crippen molar-refractivity contribution < 1.29 is 22.8 Å². The van der Waals surface area contributed by atoms with Crippen LogP contribution in [0.5, 0.6) is 0 Å². The molecule has 0 aliphatic carbocycles. The predicted molar refractivity (Wildman–Crippen MR) is 122 cm³/mol. The van der Waals surface area contributed by atoms with Gasteiger partial charge in [-0.15, -0.1) is 0 Å². The SMILES string of the molecule is Cc1cc(Cl)cc(C(=O)NC(C)C)c1NC(=O)/C(=C/C(=N)C(F)(F)F)Nc1ncccc1Cl. The van der Waals surface area contributed by atoms with Crippen LogP contribution in [0.25, 0.3) is 0 Å². The molecular weight excluding hydrogens is 482 g/mol. The van der Waals surface area contributed by atoms with Crippen molar-refractivity contribution >= 4 is 52.2 Å². The Bertz CT molecular complexity index is 1120. The second-order valence-electron chi connectivity index (χ2n) is 7.16. The Morgan fingerprint density at radius 3 is 2.42 bits per heavy atom. The second kappa shape index (κ2) is 10.7. The van der Waals surface area contributed by atoms with E-state index >= 15 is 0 Å². The molecule has 1 heterocycles. The maximum atomic E-state index is 13.0. The molecule has 33 heavy (non-hydrogen) atoms. The van der Waals surface area contributed by atoms with Crippen LogP contribution in [0, 0.1) is 12.3 Å². The fourth-order valence-corrected chi connectivity index (χ4v) is 3.04. The van der Waals surface area contributed by atoms with Crippen LogP contribution in [0.2, 0.25) is 10.0 Å². The maximum Gasteiger partial charge on any atom is 0.432 e. The second-order valence-corrected chi connectivity index (χ2v) is 8.00. The highest BCUT2D eigenvalue weighted by molar-refractivity contribution is 6.33. The van der Waals surface area contributed by atoms with Gasteiger partial charge >= 0.3 is 6.18 Å². The van der Waals surface area contributed by atoms with Gasteiger partial charge in [-0.1, -0.05) is 23.2 Å². The van der Waals surface area contributed by atoms with Crippen LogP contribution in [0.15, 0.2) is 42.2 Å². The van der Waals surface area contributed by atoms with Crippen LogP contribution in [0.3, 0.4) is 0 Å². The average Bonchev–Trinajstić information content (AvgIpc) is 2.69. The van der Waals surface area contributed by atoms with E-state index in [0.29, 0.717) is 11.6 Å². The third kappa shape index (κ3) is 7.19. The summed E-state index contributed by atoms with van der Waals surface area (Å²) in [5.74, 6) is -1.70. The number of allylic oxidation sites excluding steroid dienone is 1. The van der Waals surface area contributed by atoms with Gasteiger partial charge in [-0.3, -0.25) is 15.0 Å². The Kier molecular flexibility index (Phi) is 8.45. The van der Waals surface area contributed by atoms with Gasteiger partial charge in [0.15, 0.2) is 0 Å². The number of hydrogen-bond acceptors (Lipinski definition) is 5. The van der Waals surface area contributed by atoms with Crippen molar-refractivity contribution in [1.29, 1.82) is 5.41 Å². The first-order chi connectivity index (χ1) is 15.3. The van der Waals surface area contributed by atoms with E-state index in [4.69, 9.17) is 28.6 Å². The topological polar surface area (TPSA) is 107 Å². The summed E-state index contributed by atoms with van der Waals surface area (Å²) in [5.41, 5.74) is -1.99. The van der Waals surface area contributed by atoms with Gasteiger partial charge in [0, 0.05) is 17.3 Å². The summed E-state index contributed by atoms with van der Waals surface area (Å²) in [6, 6.07) is 5.49. The molecule has 4 N–H and O–H groups in total. The Morgan fingerprint density at radius 1 is 1.18 bits per heavy atom. The zero-order valence-electron chi connectivity index (χ0n) is 17.7. The molecule has 1 aromatic heterocycles. The molecule has 0 atom stereocenters. The molecule has 0 saturated heterocycles. The van der Waals surface area contributed by atoms with Crippen molar-refractivity contribution in [2.75, 3.05) is 10.6 Å². The van der Waals surface area contributed by atoms with E-state index in [1.165, 1.54) is 30.5 Å². The Labute approximate surface area is 197 Å². The molecule has 7 nitrogen and oxygen atoms in total. The molecule has 0 spiro atoms. The van der Waals surface area contributed by atoms with Gasteiger partial charge in [0.1, 0.15) is 17.2 Å². The number of amides is 2. The number of nitrogens with zero attached hydrogens (tertiary/aromatic N) is 1. The number of rotatable bonds is 7. The van der Waals surface area contributed by atoms with E-state index < -0.39 is 29.4 Å². The van der Waals surface area contributed by atoms with E-state index in [0.717, 1.165) is 0 Å². The fourth-order valence-electron chi connectivity index (χ4n) is 2.60. The van der Waals surface area contributed by atoms with Crippen molar-refractivity contribution in [3.8, 4) is 0 Å². The zero-order valence-corrected chi connectivity index (χ0v) is 19.2. The number of aromatic nitrogens is 1. The Balaban J connectivity index is 2.50. The average molecular weight is 502 g/mol. The lowest BCUT2D eigenvalue weighted by Crippen LogP contribution is -2.32. The zero-order chi connectivity index (χ0) is 24.9. The van der Waals surface area contributed by atoms with Crippen LogP contribution in [-0.4, -0.2) is 34.7 Å². The highest BCUT2D eigenvalue weighted by Crippen LogP contribution is 2.27. The number of carbonyl (C=O) groups is 2. The lowest BCUT2D eigenvalue weighted by atomic mass is 10.1. The van der Waals surface area contributed by atoms with Gasteiger partial charge in [-0.2, -0.15) is 13.2 Å². The van der Waals surface area contributed by atoms with Crippen LogP contribution >= 0.6 is 23.2 Å². The summed E-state index contributed by atoms with van der Waals surface area (Å²) < 4.78 is 38.9. The van der Waals surface area contributed by atoms with Crippen LogP contribution in [-0.2, 0) is 4.79 Å². The van der Waals surface area contributed by atoms with Crippen molar-refractivity contribution in [3.05, 3.63) is 63.4 Å². The minimum atomic E-state index is -5.00. The summed E-state index contributed by atoms with van der Waals surface area (Å²) >= 11 is 12.0. The number of benzene rings is 1. The molecule has 2 rings (SSSR count). The third-order valence-corrected chi connectivity index (χ3v) is 4.58. The maximum absolute atomic E-state index is 13.0. The quantitative estimate of drug-likeness (QED) is 0.303. The molecule has 0 bridgehead atoms. The predicted octanol–water partition coefficient (Wildman–Crippen LogP) is 5.35. The van der Waals surface area contributed by atoms with Crippen molar-refractivity contribution in [2.45, 2.75) is 33.0 Å². The number of hydrogen-bond donors (Lipinski definition) is 4. The third-order valence-electron chi connectivity index (χ3n) is 4.05. The molecular formula is C21H20Cl2F3N5O2. The number of aryl methyl sites for hydroxylation is 1. The molecule has 12 heteroatoms. The minimum Gasteiger partial charge on any atom is -0.350 e. The van der Waals surface area contributed by atoms with Crippen LogP contribution in [0.4, 0.5) is 24.7 Å². The monoisotopic (exact) mass is 501 g/mol.